The van der Waals surface area contributed by atoms with Gasteiger partial charge in [0.1, 0.15) is 11.4 Å². The number of hydrogen-bond donors (Lipinski definition) is 2. The fourth-order valence-electron chi connectivity index (χ4n) is 1.25. The van der Waals surface area contributed by atoms with Gasteiger partial charge in [-0.25, -0.2) is 9.18 Å². The monoisotopic (exact) mass is 241 g/mol. The van der Waals surface area contributed by atoms with Crippen LogP contribution in [0.25, 0.3) is 0 Å². The van der Waals surface area contributed by atoms with E-state index in [0.717, 1.165) is 0 Å². The molecule has 0 aliphatic heterocycles. The standard InChI is InChI=1S/C12H16FNO3/c1-12(2,3)17-11(16)14-10-6-4-5-9(13)8(10)7-15/h4-6,15H,7H2,1-3H3,(H,14,16). The normalized spacial score (nSPS) is 11.1. The zero-order chi connectivity index (χ0) is 13.1. The van der Waals surface area contributed by atoms with E-state index in [1.165, 1.54) is 18.2 Å². The van der Waals surface area contributed by atoms with Gasteiger partial charge >= 0.3 is 6.09 Å². The van der Waals surface area contributed by atoms with Crippen LogP contribution in [0.1, 0.15) is 26.3 Å². The molecule has 0 saturated heterocycles. The number of aliphatic hydroxyl groups is 1. The summed E-state index contributed by atoms with van der Waals surface area (Å²) in [5.74, 6) is -0.568. The van der Waals surface area contributed by atoms with Crippen molar-refractivity contribution >= 4 is 11.8 Å². The molecule has 1 aromatic carbocycles. The molecule has 0 aliphatic rings. The first kappa shape index (κ1) is 13.4. The molecule has 0 aliphatic carbocycles. The lowest BCUT2D eigenvalue weighted by atomic mass is 10.2. The van der Waals surface area contributed by atoms with Crippen molar-refractivity contribution in [1.29, 1.82) is 0 Å². The Balaban J connectivity index is 2.82. The molecule has 1 aromatic rings. The molecule has 0 heterocycles. The lowest BCUT2D eigenvalue weighted by Gasteiger charge is -2.20. The molecule has 4 nitrogen and oxygen atoms in total. The third-order valence-corrected chi connectivity index (χ3v) is 1.91. The van der Waals surface area contributed by atoms with E-state index >= 15 is 0 Å². The summed E-state index contributed by atoms with van der Waals surface area (Å²) in [5, 5.41) is 11.4. The van der Waals surface area contributed by atoms with E-state index in [1.807, 2.05) is 0 Å². The number of anilines is 1. The number of carbonyl (C=O) groups excluding carboxylic acids is 1. The molecular formula is C12H16FNO3. The van der Waals surface area contributed by atoms with Crippen LogP contribution in [0.2, 0.25) is 0 Å². The highest BCUT2D eigenvalue weighted by molar-refractivity contribution is 5.85. The minimum absolute atomic E-state index is 0.0401. The number of nitrogens with one attached hydrogen (secondary N) is 1. The summed E-state index contributed by atoms with van der Waals surface area (Å²) in [6, 6.07) is 4.16. The quantitative estimate of drug-likeness (QED) is 0.836. The Bertz CT molecular complexity index is 413. The number of rotatable bonds is 2. The van der Waals surface area contributed by atoms with Gasteiger partial charge in [0, 0.05) is 5.56 Å². The van der Waals surface area contributed by atoms with Crippen LogP contribution in [0.3, 0.4) is 0 Å². The smallest absolute Gasteiger partial charge is 0.412 e. The lowest BCUT2D eigenvalue weighted by molar-refractivity contribution is 0.0635. The van der Waals surface area contributed by atoms with Crippen LogP contribution in [0, 0.1) is 5.82 Å². The maximum absolute atomic E-state index is 13.3. The van der Waals surface area contributed by atoms with E-state index in [1.54, 1.807) is 20.8 Å². The van der Waals surface area contributed by atoms with Crippen LogP contribution in [-0.2, 0) is 11.3 Å². The molecule has 0 unspecified atom stereocenters. The molecule has 17 heavy (non-hydrogen) atoms. The fourth-order valence-corrected chi connectivity index (χ4v) is 1.25. The third kappa shape index (κ3) is 4.03. The molecular weight excluding hydrogens is 225 g/mol. The second-order valence-electron chi connectivity index (χ2n) is 4.55. The van der Waals surface area contributed by atoms with Gasteiger partial charge in [-0.05, 0) is 32.9 Å². The van der Waals surface area contributed by atoms with Crippen LogP contribution in [0.4, 0.5) is 14.9 Å². The maximum atomic E-state index is 13.3. The molecule has 2 N–H and O–H groups in total. The Morgan fingerprint density at radius 3 is 2.65 bits per heavy atom. The Kier molecular flexibility index (Phi) is 4.07. The summed E-state index contributed by atoms with van der Waals surface area (Å²) in [5.41, 5.74) is -0.378. The van der Waals surface area contributed by atoms with E-state index in [2.05, 4.69) is 5.32 Å². The highest BCUT2D eigenvalue weighted by Gasteiger charge is 2.17. The molecule has 0 aromatic heterocycles. The summed E-state index contributed by atoms with van der Waals surface area (Å²) >= 11 is 0. The summed E-state index contributed by atoms with van der Waals surface area (Å²) < 4.78 is 18.3. The van der Waals surface area contributed by atoms with Crippen molar-refractivity contribution in [2.24, 2.45) is 0 Å². The van der Waals surface area contributed by atoms with Gasteiger partial charge in [0.15, 0.2) is 0 Å². The van der Waals surface area contributed by atoms with Crippen molar-refractivity contribution in [3.05, 3.63) is 29.6 Å². The summed E-state index contributed by atoms with van der Waals surface area (Å²) in [6.07, 6.45) is -0.683. The Morgan fingerprint density at radius 1 is 1.47 bits per heavy atom. The molecule has 5 heteroatoms. The first-order valence-corrected chi connectivity index (χ1v) is 5.22. The molecule has 0 fully saturated rings. The predicted molar refractivity (Wildman–Crippen MR) is 62.2 cm³/mol. The molecule has 1 rings (SSSR count). The number of halogens is 1. The van der Waals surface area contributed by atoms with Crippen LogP contribution in [0.5, 0.6) is 0 Å². The van der Waals surface area contributed by atoms with E-state index in [-0.39, 0.29) is 11.3 Å². The zero-order valence-electron chi connectivity index (χ0n) is 10.1. The lowest BCUT2D eigenvalue weighted by Crippen LogP contribution is -2.27. The highest BCUT2D eigenvalue weighted by atomic mass is 19.1. The molecule has 94 valence electrons. The van der Waals surface area contributed by atoms with Crippen LogP contribution >= 0.6 is 0 Å². The summed E-state index contributed by atoms with van der Waals surface area (Å²) in [7, 11) is 0. The Hall–Kier alpha value is -1.62. The van der Waals surface area contributed by atoms with Crippen molar-refractivity contribution in [2.45, 2.75) is 33.0 Å². The number of carbonyl (C=O) groups is 1. The van der Waals surface area contributed by atoms with Crippen molar-refractivity contribution in [3.63, 3.8) is 0 Å². The van der Waals surface area contributed by atoms with Gasteiger partial charge in [0.05, 0.1) is 12.3 Å². The largest absolute Gasteiger partial charge is 0.444 e. The van der Waals surface area contributed by atoms with E-state index in [4.69, 9.17) is 9.84 Å². The zero-order valence-corrected chi connectivity index (χ0v) is 10.1. The molecule has 1 amide bonds. The number of ether oxygens (including phenoxy) is 1. The van der Waals surface area contributed by atoms with Crippen molar-refractivity contribution in [3.8, 4) is 0 Å². The Labute approximate surface area is 99.4 Å². The Morgan fingerprint density at radius 2 is 2.12 bits per heavy atom. The van der Waals surface area contributed by atoms with Gasteiger partial charge in [0.25, 0.3) is 0 Å². The van der Waals surface area contributed by atoms with Crippen molar-refractivity contribution in [1.82, 2.24) is 0 Å². The van der Waals surface area contributed by atoms with Crippen molar-refractivity contribution < 1.29 is 19.0 Å². The van der Waals surface area contributed by atoms with E-state index in [9.17, 15) is 9.18 Å². The van der Waals surface area contributed by atoms with Gasteiger partial charge in [-0.15, -0.1) is 0 Å². The summed E-state index contributed by atoms with van der Waals surface area (Å²) in [4.78, 5) is 11.5. The van der Waals surface area contributed by atoms with Gasteiger partial charge in [0.2, 0.25) is 0 Å². The topological polar surface area (TPSA) is 58.6 Å². The third-order valence-electron chi connectivity index (χ3n) is 1.91. The van der Waals surface area contributed by atoms with Crippen LogP contribution in [0.15, 0.2) is 18.2 Å². The van der Waals surface area contributed by atoms with Gasteiger partial charge in [-0.3, -0.25) is 5.32 Å². The average molecular weight is 241 g/mol. The van der Waals surface area contributed by atoms with Gasteiger partial charge < -0.3 is 9.84 Å². The first-order valence-electron chi connectivity index (χ1n) is 5.22. The second kappa shape index (κ2) is 5.14. The van der Waals surface area contributed by atoms with Gasteiger partial charge in [-0.2, -0.15) is 0 Å². The predicted octanol–water partition coefficient (Wildman–Crippen LogP) is 2.67. The van der Waals surface area contributed by atoms with Gasteiger partial charge in [-0.1, -0.05) is 6.07 Å². The van der Waals surface area contributed by atoms with Crippen LogP contribution in [-0.4, -0.2) is 16.8 Å². The average Bonchev–Trinajstić information content (AvgIpc) is 2.14. The van der Waals surface area contributed by atoms with Crippen molar-refractivity contribution in [2.75, 3.05) is 5.32 Å². The van der Waals surface area contributed by atoms with E-state index in [0.29, 0.717) is 0 Å². The molecule has 0 bridgehead atoms. The van der Waals surface area contributed by atoms with E-state index < -0.39 is 24.1 Å². The molecule has 0 atom stereocenters. The molecule has 0 saturated carbocycles. The molecule has 0 spiro atoms. The number of benzene rings is 1. The molecule has 0 radical (unpaired) electrons. The first-order chi connectivity index (χ1) is 7.83. The SMILES string of the molecule is CC(C)(C)OC(=O)Nc1cccc(F)c1CO. The fraction of sp³-hybridized carbons (Fsp3) is 0.417. The second-order valence-corrected chi connectivity index (χ2v) is 4.55. The maximum Gasteiger partial charge on any atom is 0.412 e. The minimum Gasteiger partial charge on any atom is -0.444 e. The van der Waals surface area contributed by atoms with Crippen LogP contribution < -0.4 is 5.32 Å². The minimum atomic E-state index is -0.683. The number of hydrogen-bond acceptors (Lipinski definition) is 3. The number of aliphatic hydroxyl groups excluding tert-OH is 1. The summed E-state index contributed by atoms with van der Waals surface area (Å²) in [6.45, 7) is 4.69. The number of amides is 1. The highest BCUT2D eigenvalue weighted by Crippen LogP contribution is 2.19.